The highest BCUT2D eigenvalue weighted by Crippen LogP contribution is 2.23. The Bertz CT molecular complexity index is 1200. The van der Waals surface area contributed by atoms with Gasteiger partial charge in [0.15, 0.2) is 0 Å². The van der Waals surface area contributed by atoms with Gasteiger partial charge in [-0.15, -0.1) is 11.8 Å². The molecule has 3 atom stereocenters. The summed E-state index contributed by atoms with van der Waals surface area (Å²) < 4.78 is 10.3. The van der Waals surface area contributed by atoms with Crippen LogP contribution in [0.3, 0.4) is 0 Å². The number of urea groups is 1. The lowest BCUT2D eigenvalue weighted by Crippen LogP contribution is -2.58. The number of thioether (sulfide) groups is 1. The molecule has 0 aliphatic carbocycles. The summed E-state index contributed by atoms with van der Waals surface area (Å²) in [7, 11) is 1.54. The minimum absolute atomic E-state index is 0.0215. The molecular weight excluding hydrogens is 602 g/mol. The molecule has 1 aromatic carbocycles. The highest BCUT2D eigenvalue weighted by Gasteiger charge is 2.40. The number of Topliss-reactive ketones (excluding diaryl/α,β-unsaturated/α-hetero) is 1. The zero-order valence-corrected chi connectivity index (χ0v) is 28.2. The number of hydrogen-bond donors (Lipinski definition) is 3. The van der Waals surface area contributed by atoms with Crippen LogP contribution in [0.15, 0.2) is 30.3 Å². The number of ether oxygens (including phenoxy) is 2. The maximum absolute atomic E-state index is 13.7. The molecule has 0 unspecified atom stereocenters. The normalized spacial score (nSPS) is 16.0. The van der Waals surface area contributed by atoms with Crippen molar-refractivity contribution in [2.24, 2.45) is 11.8 Å². The quantitative estimate of drug-likeness (QED) is 0.166. The van der Waals surface area contributed by atoms with Gasteiger partial charge in [-0.2, -0.15) is 0 Å². The third-order valence-corrected chi connectivity index (χ3v) is 7.62. The van der Waals surface area contributed by atoms with Gasteiger partial charge >= 0.3 is 18.1 Å². The third-order valence-electron chi connectivity index (χ3n) is 6.61. The molecule has 250 valence electrons. The van der Waals surface area contributed by atoms with Crippen LogP contribution >= 0.6 is 11.8 Å². The predicted octanol–water partition coefficient (Wildman–Crippen LogP) is 2.53. The maximum atomic E-state index is 13.7. The Labute approximate surface area is 269 Å². The number of esters is 1. The summed E-state index contributed by atoms with van der Waals surface area (Å²) in [6, 6.07) is 7.41. The van der Waals surface area contributed by atoms with Gasteiger partial charge in [0.05, 0.1) is 12.0 Å². The molecule has 0 bridgehead atoms. The number of hydrogen-bond acceptors (Lipinski definition) is 9. The molecule has 1 saturated heterocycles. The Morgan fingerprint density at radius 3 is 2.27 bits per heavy atom. The van der Waals surface area contributed by atoms with Crippen LogP contribution in [0, 0.1) is 11.8 Å². The molecule has 0 saturated carbocycles. The van der Waals surface area contributed by atoms with Crippen LogP contribution < -0.4 is 16.0 Å². The molecule has 1 fully saturated rings. The molecule has 13 nitrogen and oxygen atoms in total. The second-order valence-corrected chi connectivity index (χ2v) is 13.4. The number of benzene rings is 1. The van der Waals surface area contributed by atoms with Gasteiger partial charge in [0.1, 0.15) is 23.7 Å². The van der Waals surface area contributed by atoms with Gasteiger partial charge in [-0.3, -0.25) is 14.4 Å². The first-order valence-electron chi connectivity index (χ1n) is 15.0. The van der Waals surface area contributed by atoms with Crippen LogP contribution in [0.4, 0.5) is 9.59 Å². The topological polar surface area (TPSA) is 163 Å². The van der Waals surface area contributed by atoms with Gasteiger partial charge in [0.25, 0.3) is 5.78 Å². The average molecular weight is 650 g/mol. The summed E-state index contributed by atoms with van der Waals surface area (Å²) in [5.74, 6) is -4.20. The fourth-order valence-corrected chi connectivity index (χ4v) is 5.39. The maximum Gasteiger partial charge on any atom is 0.407 e. The summed E-state index contributed by atoms with van der Waals surface area (Å²) in [4.78, 5) is 80.4. The van der Waals surface area contributed by atoms with E-state index in [0.29, 0.717) is 11.3 Å². The van der Waals surface area contributed by atoms with E-state index in [0.717, 1.165) is 0 Å². The molecule has 3 N–H and O–H groups in total. The van der Waals surface area contributed by atoms with Crippen molar-refractivity contribution in [3.63, 3.8) is 0 Å². The van der Waals surface area contributed by atoms with E-state index in [1.807, 2.05) is 0 Å². The summed E-state index contributed by atoms with van der Waals surface area (Å²) >= 11 is 1.41. The van der Waals surface area contributed by atoms with Crippen molar-refractivity contribution < 1.29 is 38.2 Å². The molecule has 1 aliphatic heterocycles. The molecule has 1 aromatic rings. The van der Waals surface area contributed by atoms with Gasteiger partial charge in [0.2, 0.25) is 11.8 Å². The van der Waals surface area contributed by atoms with Crippen molar-refractivity contribution in [3.8, 4) is 0 Å². The second-order valence-electron chi connectivity index (χ2n) is 12.4. The highest BCUT2D eigenvalue weighted by atomic mass is 32.2. The fraction of sp³-hybridized carbons (Fsp3) is 0.613. The number of ketones is 1. The van der Waals surface area contributed by atoms with Crippen LogP contribution in [0.5, 0.6) is 0 Å². The molecule has 14 heteroatoms. The van der Waals surface area contributed by atoms with Gasteiger partial charge in [-0.1, -0.05) is 44.2 Å². The van der Waals surface area contributed by atoms with E-state index in [1.165, 1.54) is 28.6 Å². The van der Waals surface area contributed by atoms with E-state index in [2.05, 4.69) is 16.0 Å². The largest absolute Gasteiger partial charge is 0.457 e. The molecule has 0 spiro atoms. The van der Waals surface area contributed by atoms with Gasteiger partial charge in [0, 0.05) is 25.9 Å². The van der Waals surface area contributed by atoms with Gasteiger partial charge < -0.3 is 35.2 Å². The van der Waals surface area contributed by atoms with Crippen LogP contribution in [0.25, 0.3) is 0 Å². The minimum atomic E-state index is -1.36. The van der Waals surface area contributed by atoms with Crippen molar-refractivity contribution in [1.82, 2.24) is 25.8 Å². The summed E-state index contributed by atoms with van der Waals surface area (Å²) in [5, 5.41) is 8.14. The van der Waals surface area contributed by atoms with Crippen molar-refractivity contribution in [1.29, 1.82) is 0 Å². The molecular formula is C31H47N5O8S. The van der Waals surface area contributed by atoms with Crippen molar-refractivity contribution in [3.05, 3.63) is 35.9 Å². The van der Waals surface area contributed by atoms with E-state index >= 15 is 0 Å². The lowest BCUT2D eigenvalue weighted by atomic mass is 9.94. The smallest absolute Gasteiger partial charge is 0.407 e. The lowest BCUT2D eigenvalue weighted by molar-refractivity contribution is -0.160. The second kappa shape index (κ2) is 17.0. The molecule has 1 aliphatic rings. The molecule has 2 rings (SSSR count). The van der Waals surface area contributed by atoms with Crippen LogP contribution in [0.2, 0.25) is 0 Å². The standard InChI is InChI=1S/C31H47N5O8S/c1-19(2)24(34-29(41)35(8)15-14-32-30(42)44-31(5,6)7)27(39)36-18-45-17-23(36)33-26(38)22(16-21-12-10-9-11-13-21)25(37)28(40)43-20(3)4/h9-13,19-20,22-24H,14-18H2,1-8H3,(H,32,42)(H,33,38)(H,34,41)/t22-,23+,24-/m0/s1. The Kier molecular flexibility index (Phi) is 14.2. The summed E-state index contributed by atoms with van der Waals surface area (Å²) in [6.45, 7) is 12.3. The van der Waals surface area contributed by atoms with Gasteiger partial charge in [-0.05, 0) is 52.5 Å². The predicted molar refractivity (Wildman–Crippen MR) is 170 cm³/mol. The Morgan fingerprint density at radius 2 is 1.69 bits per heavy atom. The van der Waals surface area contributed by atoms with Crippen LogP contribution in [0.1, 0.15) is 54.0 Å². The monoisotopic (exact) mass is 649 g/mol. The number of likely N-dealkylation sites (N-methyl/N-ethyl adjacent to an activating group) is 1. The SMILES string of the molecule is CC(C)OC(=O)C(=O)[C@H](Cc1ccccc1)C(=O)N[C@H]1CSCN1C(=O)[C@@H](NC(=O)N(C)CCNC(=O)OC(C)(C)C)C(C)C. The number of nitrogens with zero attached hydrogens (tertiary/aromatic N) is 2. The van der Waals surface area contributed by atoms with Crippen molar-refractivity contribution >= 4 is 47.5 Å². The van der Waals surface area contributed by atoms with E-state index in [9.17, 15) is 28.8 Å². The van der Waals surface area contributed by atoms with Gasteiger partial charge in [-0.25, -0.2) is 14.4 Å². The highest BCUT2D eigenvalue weighted by molar-refractivity contribution is 7.99. The molecule has 0 radical (unpaired) electrons. The number of amides is 5. The van der Waals surface area contributed by atoms with Crippen molar-refractivity contribution in [2.75, 3.05) is 31.8 Å². The number of alkyl carbamates (subject to hydrolysis) is 1. The number of nitrogens with one attached hydrogen (secondary N) is 3. The van der Waals surface area contributed by atoms with Crippen LogP contribution in [-0.4, -0.2) is 101 Å². The molecule has 5 amide bonds. The molecule has 0 aromatic heterocycles. The first kappa shape index (κ1) is 37.4. The fourth-order valence-electron chi connectivity index (χ4n) is 4.29. The Balaban J connectivity index is 2.09. The summed E-state index contributed by atoms with van der Waals surface area (Å²) in [6.07, 6.45) is -1.93. The summed E-state index contributed by atoms with van der Waals surface area (Å²) in [5.41, 5.74) is 0.0338. The van der Waals surface area contributed by atoms with Crippen LogP contribution in [-0.2, 0) is 35.1 Å². The number of carbonyl (C=O) groups is 6. The van der Waals surface area contributed by atoms with E-state index in [-0.39, 0.29) is 31.3 Å². The lowest BCUT2D eigenvalue weighted by Gasteiger charge is -2.32. The van der Waals surface area contributed by atoms with E-state index in [4.69, 9.17) is 9.47 Å². The van der Waals surface area contributed by atoms with E-state index in [1.54, 1.807) is 78.8 Å². The zero-order valence-electron chi connectivity index (χ0n) is 27.4. The Morgan fingerprint density at radius 1 is 1.04 bits per heavy atom. The molecule has 1 heterocycles. The molecule has 45 heavy (non-hydrogen) atoms. The first-order valence-corrected chi connectivity index (χ1v) is 16.1. The average Bonchev–Trinajstić information content (AvgIpc) is 3.40. The van der Waals surface area contributed by atoms with E-state index < -0.39 is 65.5 Å². The number of carbonyl (C=O) groups excluding carboxylic acids is 6. The first-order chi connectivity index (χ1) is 21.0. The minimum Gasteiger partial charge on any atom is -0.457 e. The zero-order chi connectivity index (χ0) is 33.9. The third kappa shape index (κ3) is 12.2. The number of rotatable bonds is 13. The Hall–Kier alpha value is -3.81. The van der Waals surface area contributed by atoms with Crippen molar-refractivity contribution in [2.45, 2.75) is 78.8 Å².